The van der Waals surface area contributed by atoms with Crippen LogP contribution in [0.3, 0.4) is 0 Å². The van der Waals surface area contributed by atoms with Crippen molar-refractivity contribution in [1.29, 1.82) is 0 Å². The first kappa shape index (κ1) is 11.8. The van der Waals surface area contributed by atoms with Crippen molar-refractivity contribution >= 4 is 11.8 Å². The van der Waals surface area contributed by atoms with Crippen molar-refractivity contribution in [3.05, 3.63) is 0 Å². The van der Waals surface area contributed by atoms with E-state index in [4.69, 9.17) is 0 Å². The smallest absolute Gasteiger partial charge is 0.00949 e. The molecule has 1 unspecified atom stereocenters. The lowest BCUT2D eigenvalue weighted by atomic mass is 9.87. The average Bonchev–Trinajstić information content (AvgIpc) is 2.81. The molecule has 0 aromatic rings. The molecule has 0 amide bonds. The highest BCUT2D eigenvalue weighted by atomic mass is 32.2. The molecule has 1 aliphatic heterocycles. The Morgan fingerprint density at radius 3 is 2.40 bits per heavy atom. The van der Waals surface area contributed by atoms with Crippen LogP contribution in [0.25, 0.3) is 0 Å². The Morgan fingerprint density at radius 1 is 1.13 bits per heavy atom. The summed E-state index contributed by atoms with van der Waals surface area (Å²) >= 11 is 2.15. The van der Waals surface area contributed by atoms with Crippen molar-refractivity contribution in [1.82, 2.24) is 5.32 Å². The van der Waals surface area contributed by atoms with Gasteiger partial charge in [-0.1, -0.05) is 12.8 Å². The van der Waals surface area contributed by atoms with Crippen LogP contribution in [0, 0.1) is 11.8 Å². The quantitative estimate of drug-likeness (QED) is 0.791. The Hall–Kier alpha value is 0.310. The number of hydrogen-bond acceptors (Lipinski definition) is 2. The highest BCUT2D eigenvalue weighted by Crippen LogP contribution is 2.33. The third-order valence-electron chi connectivity index (χ3n) is 4.27. The van der Waals surface area contributed by atoms with Crippen LogP contribution >= 0.6 is 11.8 Å². The van der Waals surface area contributed by atoms with E-state index in [9.17, 15) is 0 Å². The first-order valence-electron chi connectivity index (χ1n) is 6.65. The van der Waals surface area contributed by atoms with Crippen LogP contribution < -0.4 is 5.32 Å². The van der Waals surface area contributed by atoms with E-state index in [-0.39, 0.29) is 0 Å². The third-order valence-corrected chi connectivity index (χ3v) is 5.32. The number of hydrogen-bond donors (Lipinski definition) is 1. The maximum atomic E-state index is 3.58. The van der Waals surface area contributed by atoms with Crippen molar-refractivity contribution < 1.29 is 0 Å². The van der Waals surface area contributed by atoms with E-state index in [1.54, 1.807) is 0 Å². The molecule has 1 atom stereocenters. The molecule has 2 rings (SSSR count). The molecule has 2 fully saturated rings. The predicted molar refractivity (Wildman–Crippen MR) is 69.5 cm³/mol. The van der Waals surface area contributed by atoms with Gasteiger partial charge in [0.05, 0.1) is 0 Å². The molecule has 1 saturated carbocycles. The van der Waals surface area contributed by atoms with Crippen LogP contribution in [0.1, 0.15) is 44.9 Å². The van der Waals surface area contributed by atoms with Crippen LogP contribution in [0.15, 0.2) is 0 Å². The van der Waals surface area contributed by atoms with Crippen molar-refractivity contribution in [3.8, 4) is 0 Å². The SMILES string of the molecule is CNC(CC1CCSCC1)C1CCCC1. The minimum atomic E-state index is 0.820. The molecular weight excluding hydrogens is 202 g/mol. The number of thioether (sulfide) groups is 1. The molecule has 0 bridgehead atoms. The summed E-state index contributed by atoms with van der Waals surface area (Å²) in [6.45, 7) is 0. The fourth-order valence-electron chi connectivity index (χ4n) is 3.25. The van der Waals surface area contributed by atoms with E-state index >= 15 is 0 Å². The molecule has 0 aromatic carbocycles. The summed E-state index contributed by atoms with van der Waals surface area (Å²) in [7, 11) is 2.17. The fraction of sp³-hybridized carbons (Fsp3) is 1.00. The highest BCUT2D eigenvalue weighted by molar-refractivity contribution is 7.99. The van der Waals surface area contributed by atoms with Gasteiger partial charge in [0.25, 0.3) is 0 Å². The highest BCUT2D eigenvalue weighted by Gasteiger charge is 2.26. The maximum Gasteiger partial charge on any atom is 0.00949 e. The second-order valence-corrected chi connectivity index (χ2v) is 6.46. The summed E-state index contributed by atoms with van der Waals surface area (Å²) in [5, 5.41) is 3.58. The Balaban J connectivity index is 1.78. The Bertz CT molecular complexity index is 171. The van der Waals surface area contributed by atoms with Gasteiger partial charge >= 0.3 is 0 Å². The van der Waals surface area contributed by atoms with E-state index < -0.39 is 0 Å². The standard InChI is InChI=1S/C13H25NS/c1-14-13(12-4-2-3-5-12)10-11-6-8-15-9-7-11/h11-14H,2-10H2,1H3. The minimum absolute atomic E-state index is 0.820. The Kier molecular flexibility index (Phi) is 4.83. The minimum Gasteiger partial charge on any atom is -0.317 e. The summed E-state index contributed by atoms with van der Waals surface area (Å²) < 4.78 is 0. The topological polar surface area (TPSA) is 12.0 Å². The van der Waals surface area contributed by atoms with Crippen LogP contribution in [-0.2, 0) is 0 Å². The van der Waals surface area contributed by atoms with Gasteiger partial charge in [0.1, 0.15) is 0 Å². The van der Waals surface area contributed by atoms with Gasteiger partial charge in [-0.25, -0.2) is 0 Å². The normalized spacial score (nSPS) is 27.0. The van der Waals surface area contributed by atoms with Crippen molar-refractivity contribution in [2.45, 2.75) is 51.0 Å². The fourth-order valence-corrected chi connectivity index (χ4v) is 4.45. The van der Waals surface area contributed by atoms with Crippen LogP contribution in [-0.4, -0.2) is 24.6 Å². The molecule has 2 aliphatic rings. The first-order chi connectivity index (χ1) is 7.40. The van der Waals surface area contributed by atoms with Gasteiger partial charge in [-0.3, -0.25) is 0 Å². The van der Waals surface area contributed by atoms with Crippen LogP contribution in [0.5, 0.6) is 0 Å². The molecule has 15 heavy (non-hydrogen) atoms. The molecule has 1 nitrogen and oxygen atoms in total. The zero-order valence-electron chi connectivity index (χ0n) is 10.0. The van der Waals surface area contributed by atoms with Crippen LogP contribution in [0.2, 0.25) is 0 Å². The predicted octanol–water partition coefficient (Wildman–Crippen LogP) is 3.30. The maximum absolute atomic E-state index is 3.58. The molecule has 1 heterocycles. The van der Waals surface area contributed by atoms with Gasteiger partial charge in [0.2, 0.25) is 0 Å². The summed E-state index contributed by atoms with van der Waals surface area (Å²) in [5.41, 5.74) is 0. The van der Waals surface area contributed by atoms with Crippen molar-refractivity contribution in [2.24, 2.45) is 11.8 Å². The zero-order chi connectivity index (χ0) is 10.5. The van der Waals surface area contributed by atoms with Gasteiger partial charge in [-0.05, 0) is 62.5 Å². The van der Waals surface area contributed by atoms with Gasteiger partial charge in [-0.15, -0.1) is 0 Å². The molecule has 0 aromatic heterocycles. The van der Waals surface area contributed by atoms with E-state index in [0.717, 1.165) is 17.9 Å². The molecule has 2 heteroatoms. The summed E-state index contributed by atoms with van der Waals surface area (Å²) in [6, 6.07) is 0.820. The van der Waals surface area contributed by atoms with E-state index in [0.29, 0.717) is 0 Å². The molecular formula is C13H25NS. The molecule has 1 saturated heterocycles. The van der Waals surface area contributed by atoms with E-state index in [2.05, 4.69) is 24.1 Å². The summed E-state index contributed by atoms with van der Waals surface area (Å²) in [5.74, 6) is 4.83. The van der Waals surface area contributed by atoms with Gasteiger partial charge in [0, 0.05) is 6.04 Å². The van der Waals surface area contributed by atoms with Crippen LogP contribution in [0.4, 0.5) is 0 Å². The molecule has 0 spiro atoms. The monoisotopic (exact) mass is 227 g/mol. The van der Waals surface area contributed by atoms with E-state index in [1.165, 1.54) is 56.5 Å². The lowest BCUT2D eigenvalue weighted by Crippen LogP contribution is -2.35. The zero-order valence-corrected chi connectivity index (χ0v) is 10.8. The van der Waals surface area contributed by atoms with Crippen molar-refractivity contribution in [2.75, 3.05) is 18.6 Å². The molecule has 1 N–H and O–H groups in total. The largest absolute Gasteiger partial charge is 0.317 e. The number of rotatable bonds is 4. The Morgan fingerprint density at radius 2 is 1.80 bits per heavy atom. The lowest BCUT2D eigenvalue weighted by Gasteiger charge is -2.29. The average molecular weight is 227 g/mol. The van der Waals surface area contributed by atoms with Crippen molar-refractivity contribution in [3.63, 3.8) is 0 Å². The number of nitrogens with one attached hydrogen (secondary N) is 1. The summed E-state index contributed by atoms with van der Waals surface area (Å²) in [4.78, 5) is 0. The van der Waals surface area contributed by atoms with Gasteiger partial charge in [-0.2, -0.15) is 11.8 Å². The van der Waals surface area contributed by atoms with Gasteiger partial charge < -0.3 is 5.32 Å². The molecule has 0 radical (unpaired) electrons. The lowest BCUT2D eigenvalue weighted by molar-refractivity contribution is 0.297. The molecule has 88 valence electrons. The summed E-state index contributed by atoms with van der Waals surface area (Å²) in [6.07, 6.45) is 10.3. The van der Waals surface area contributed by atoms with E-state index in [1.807, 2.05) is 0 Å². The first-order valence-corrected chi connectivity index (χ1v) is 7.80. The third kappa shape index (κ3) is 3.39. The van der Waals surface area contributed by atoms with Gasteiger partial charge in [0.15, 0.2) is 0 Å². The Labute approximate surface area is 98.8 Å². The second-order valence-electron chi connectivity index (χ2n) is 5.23. The second kappa shape index (κ2) is 6.15. The molecule has 1 aliphatic carbocycles.